The van der Waals surface area contributed by atoms with Crippen molar-refractivity contribution >= 4 is 57.0 Å². The molecule has 0 atom stereocenters. The number of hydrogen-bond acceptors (Lipinski definition) is 12. The summed E-state index contributed by atoms with van der Waals surface area (Å²) >= 11 is 0. The van der Waals surface area contributed by atoms with Gasteiger partial charge in [0.25, 0.3) is 0 Å². The standard InChI is InChI=1S/2C24H20P.4HNO2.2O.U/c2*1-5-13-21(14-6-1)25(22-15-7-2-8-16-22,23-17-9-3-10-18-23)24-19-11-4-12-20-24;4*2-1-3;;;/h2*1-20H;4*(H,2,3);;;/q2*+1;;;;;2*-2;/p-4. The third-order valence-corrected chi connectivity index (χ3v) is 17.7. The molecule has 0 aliphatic carbocycles. The molecule has 0 bridgehead atoms. The molecule has 0 spiro atoms. The fraction of sp³-hybridized carbons (Fsp3) is 0. The van der Waals surface area contributed by atoms with Gasteiger partial charge >= 0.3 is 0 Å². The third-order valence-electron chi connectivity index (χ3n) is 9.15. The molecule has 0 aromatic heterocycles. The molecule has 0 N–H and O–H groups in total. The van der Waals surface area contributed by atoms with E-state index in [1.807, 2.05) is 0 Å². The van der Waals surface area contributed by atoms with Gasteiger partial charge in [-0.25, -0.2) is 0 Å². The fourth-order valence-electron chi connectivity index (χ4n) is 7.00. The van der Waals surface area contributed by atoms with Crippen LogP contribution < -0.4 is 42.4 Å². The van der Waals surface area contributed by atoms with Crippen LogP contribution in [0.3, 0.4) is 0 Å². The number of hydrogen-bond donors (Lipinski definition) is 0. The van der Waals surface area contributed by atoms with Crippen LogP contribution in [0.1, 0.15) is 0 Å². The van der Waals surface area contributed by atoms with Crippen molar-refractivity contribution in [3.63, 3.8) is 0 Å². The van der Waals surface area contributed by atoms with Crippen molar-refractivity contribution in [3.8, 4) is 0 Å². The normalized spacial score (nSPS) is 9.35. The van der Waals surface area contributed by atoms with E-state index in [2.05, 4.69) is 243 Å². The topological polar surface area (TPSA) is 267 Å². The Hall–Kier alpha value is -6.81. The van der Waals surface area contributed by atoms with Gasteiger partial charge in [-0.15, -0.1) is 21.4 Å². The van der Waals surface area contributed by atoms with Gasteiger partial charge in [-0.05, 0) is 97.1 Å². The molecule has 0 amide bonds. The Balaban J connectivity index is 0.000000979. The Kier molecular flexibility index (Phi) is 30.2. The van der Waals surface area contributed by atoms with Gasteiger partial charge in [0.15, 0.2) is 0 Å². The van der Waals surface area contributed by atoms with Gasteiger partial charge in [0.2, 0.25) is 0 Å². The predicted octanol–water partition coefficient (Wildman–Crippen LogP) is 9.38. The maximum atomic E-state index is 8.00. The maximum Gasteiger partial charge on any atom is 0.144 e. The second-order valence-corrected chi connectivity index (χ2v) is 19.1. The molecule has 65 heavy (non-hydrogen) atoms. The van der Waals surface area contributed by atoms with Crippen LogP contribution in [-0.2, 0) is 11.0 Å². The first kappa shape index (κ1) is 58.2. The van der Waals surface area contributed by atoms with Gasteiger partial charge in [-0.1, -0.05) is 146 Å². The SMILES string of the molecule is O=N[O-].O=N[O-].O=N[O-].O=N[O-].[O-2].[O-2].[U].c1ccc([P+](c2ccccc2)(c2ccccc2)c2ccccc2)cc1.c1ccc([P+](c2ccccc2)(c2ccccc2)c2ccccc2)cc1. The summed E-state index contributed by atoms with van der Waals surface area (Å²) in [5.41, 5.74) is 0. The average Bonchev–Trinajstić information content (AvgIpc) is 3.34. The van der Waals surface area contributed by atoms with Crippen molar-refractivity contribution in [2.75, 3.05) is 0 Å². The summed E-state index contributed by atoms with van der Waals surface area (Å²) < 4.78 is 0. The van der Waals surface area contributed by atoms with Gasteiger partial charge in [0, 0.05) is 31.1 Å². The van der Waals surface area contributed by atoms with Crippen molar-refractivity contribution in [3.05, 3.63) is 283 Å². The van der Waals surface area contributed by atoms with Gasteiger partial charge in [-0.2, -0.15) is 0 Å². The Morgan fingerprint density at radius 3 is 0.385 bits per heavy atom. The van der Waals surface area contributed by atoms with Crippen molar-refractivity contribution in [2.24, 2.45) is 21.4 Å². The molecule has 0 saturated carbocycles. The largest absolute Gasteiger partial charge is 2.00 e. The van der Waals surface area contributed by atoms with Crippen molar-refractivity contribution < 1.29 is 42.1 Å². The van der Waals surface area contributed by atoms with Gasteiger partial charge in [0.05, 0.1) is 0 Å². The Labute approximate surface area is 401 Å². The average molecular weight is 1130 g/mol. The van der Waals surface area contributed by atoms with Crippen LogP contribution in [0, 0.1) is 71.6 Å². The van der Waals surface area contributed by atoms with Gasteiger partial charge < -0.3 is 51.4 Å². The van der Waals surface area contributed by atoms with E-state index < -0.39 is 14.5 Å². The summed E-state index contributed by atoms with van der Waals surface area (Å²) in [6.07, 6.45) is 0. The minimum atomic E-state index is -1.91. The molecule has 0 radical (unpaired) electrons. The monoisotopic (exact) mass is 1130 g/mol. The first-order chi connectivity index (χ1) is 30.5. The Morgan fingerprint density at radius 1 is 0.231 bits per heavy atom. The molecule has 0 aliphatic rings. The van der Waals surface area contributed by atoms with Crippen LogP contribution in [0.15, 0.2) is 264 Å². The number of nitrogens with zero attached hydrogens (tertiary/aromatic N) is 4. The van der Waals surface area contributed by atoms with E-state index in [4.69, 9.17) is 40.5 Å². The van der Waals surface area contributed by atoms with Crippen LogP contribution in [0.5, 0.6) is 0 Å². The van der Waals surface area contributed by atoms with Crippen molar-refractivity contribution in [1.82, 2.24) is 0 Å². The molecule has 0 heterocycles. The van der Waals surface area contributed by atoms with Gasteiger partial charge in [0.1, 0.15) is 57.0 Å². The van der Waals surface area contributed by atoms with E-state index in [0.29, 0.717) is 0 Å². The van der Waals surface area contributed by atoms with E-state index in [9.17, 15) is 0 Å². The maximum absolute atomic E-state index is 8.00. The molecule has 0 unspecified atom stereocenters. The van der Waals surface area contributed by atoms with E-state index in [1.165, 1.54) is 42.4 Å². The molecule has 14 nitrogen and oxygen atoms in total. The molecule has 0 fully saturated rings. The molecule has 8 aromatic carbocycles. The Bertz CT molecular complexity index is 1920. The molecule has 0 aliphatic heterocycles. The summed E-state index contributed by atoms with van der Waals surface area (Å²) in [6, 6.07) is 87.7. The molecule has 17 heteroatoms. The zero-order chi connectivity index (χ0) is 44.7. The van der Waals surface area contributed by atoms with Gasteiger partial charge in [-0.3, -0.25) is 0 Å². The molecular formula is C48H40N4O10P2U-6. The number of benzene rings is 8. The minimum Gasteiger partial charge on any atom is -2.00 e. The minimum absolute atomic E-state index is 0. The molecular weight excluding hydrogens is 1090 g/mol. The van der Waals surface area contributed by atoms with Crippen LogP contribution in [-0.4, -0.2) is 0 Å². The summed E-state index contributed by atoms with van der Waals surface area (Å²) in [5, 5.41) is 47.1. The second kappa shape index (κ2) is 33.7. The van der Waals surface area contributed by atoms with E-state index in [-0.39, 0.29) is 42.1 Å². The fourth-order valence-corrected chi connectivity index (χ4v) is 15.5. The van der Waals surface area contributed by atoms with Crippen LogP contribution >= 0.6 is 14.5 Å². The zero-order valence-corrected chi connectivity index (χ0v) is 40.3. The van der Waals surface area contributed by atoms with E-state index in [1.54, 1.807) is 0 Å². The van der Waals surface area contributed by atoms with Crippen molar-refractivity contribution in [1.29, 1.82) is 0 Å². The van der Waals surface area contributed by atoms with Crippen LogP contribution in [0.4, 0.5) is 0 Å². The smallest absolute Gasteiger partial charge is 0.144 e. The predicted molar refractivity (Wildman–Crippen MR) is 260 cm³/mol. The zero-order valence-electron chi connectivity index (χ0n) is 34.4. The summed E-state index contributed by atoms with van der Waals surface area (Å²) in [5.74, 6) is 0. The Morgan fingerprint density at radius 2 is 0.308 bits per heavy atom. The summed E-state index contributed by atoms with van der Waals surface area (Å²) in [6.45, 7) is 0. The van der Waals surface area contributed by atoms with Crippen molar-refractivity contribution in [2.45, 2.75) is 0 Å². The van der Waals surface area contributed by atoms with Crippen LogP contribution in [0.25, 0.3) is 0 Å². The number of rotatable bonds is 8. The summed E-state index contributed by atoms with van der Waals surface area (Å²) in [7, 11) is -3.81. The first-order valence-electron chi connectivity index (χ1n) is 18.5. The molecule has 8 rings (SSSR count). The molecule has 332 valence electrons. The van der Waals surface area contributed by atoms with E-state index in [0.717, 1.165) is 21.4 Å². The molecule has 8 aromatic rings. The quantitative estimate of drug-likeness (QED) is 0.0801. The summed E-state index contributed by atoms with van der Waals surface area (Å²) in [4.78, 5) is 32.0. The molecule has 0 saturated heterocycles. The second-order valence-electron chi connectivity index (χ2n) is 12.3. The third kappa shape index (κ3) is 15.7. The van der Waals surface area contributed by atoms with Crippen LogP contribution in [0.2, 0.25) is 0 Å². The first-order valence-corrected chi connectivity index (χ1v) is 22.1. The van der Waals surface area contributed by atoms with E-state index >= 15 is 0 Å².